The molecule has 1 aliphatic carbocycles. The Hall–Kier alpha value is -2.93. The van der Waals surface area contributed by atoms with Gasteiger partial charge in [0.05, 0.1) is 11.6 Å². The third-order valence-electron chi connectivity index (χ3n) is 3.96. The van der Waals surface area contributed by atoms with Crippen molar-refractivity contribution in [1.29, 1.82) is 0 Å². The normalized spacial score (nSPS) is 23.0. The number of aliphatic carboxylic acids is 2. The van der Waals surface area contributed by atoms with Gasteiger partial charge in [0.2, 0.25) is 5.41 Å². The van der Waals surface area contributed by atoms with E-state index >= 15 is 0 Å². The molecule has 1 aromatic rings. The summed E-state index contributed by atoms with van der Waals surface area (Å²) >= 11 is 0. The number of allylic oxidation sites excluding steroid dienone is 2. The number of esters is 1. The molecule has 0 bridgehead atoms. The minimum Gasteiger partial charge on any atom is -0.480 e. The van der Waals surface area contributed by atoms with Crippen molar-refractivity contribution in [3.8, 4) is 0 Å². The van der Waals surface area contributed by atoms with Crippen LogP contribution in [-0.4, -0.2) is 34.2 Å². The fraction of sp³-hybridized carbons (Fsp3) is 0.235. The minimum atomic E-state index is -2.28. The standard InChI is InChI=1S/C17H17NO6/c1-10-7-8-17(15(21)22,13(18)12(10)14(19)20)16(23)24-9-11-5-3-2-4-6-11/h2-8,13H,9,18H2,1H3,(H,19,20)(H,21,22). The van der Waals surface area contributed by atoms with Gasteiger partial charge in [-0.3, -0.25) is 9.59 Å². The van der Waals surface area contributed by atoms with E-state index in [1.54, 1.807) is 30.3 Å². The van der Waals surface area contributed by atoms with Gasteiger partial charge in [0, 0.05) is 0 Å². The first-order valence-corrected chi connectivity index (χ1v) is 7.14. The van der Waals surface area contributed by atoms with E-state index in [2.05, 4.69) is 0 Å². The monoisotopic (exact) mass is 331 g/mol. The molecule has 0 aliphatic heterocycles. The molecule has 0 amide bonds. The van der Waals surface area contributed by atoms with Gasteiger partial charge in [-0.2, -0.15) is 0 Å². The van der Waals surface area contributed by atoms with Crippen molar-refractivity contribution < 1.29 is 29.3 Å². The molecule has 0 saturated heterocycles. The molecule has 0 radical (unpaired) electrons. The fourth-order valence-electron chi connectivity index (χ4n) is 2.55. The predicted molar refractivity (Wildman–Crippen MR) is 83.8 cm³/mol. The van der Waals surface area contributed by atoms with Gasteiger partial charge in [-0.15, -0.1) is 0 Å². The lowest BCUT2D eigenvalue weighted by Crippen LogP contribution is -2.55. The summed E-state index contributed by atoms with van der Waals surface area (Å²) in [6.45, 7) is 1.35. The Morgan fingerprint density at radius 1 is 1.21 bits per heavy atom. The van der Waals surface area contributed by atoms with E-state index in [4.69, 9.17) is 10.5 Å². The Morgan fingerprint density at radius 3 is 2.38 bits per heavy atom. The number of hydrogen-bond acceptors (Lipinski definition) is 5. The fourth-order valence-corrected chi connectivity index (χ4v) is 2.55. The maximum Gasteiger partial charge on any atom is 0.333 e. The van der Waals surface area contributed by atoms with Crippen LogP contribution in [0.3, 0.4) is 0 Å². The largest absolute Gasteiger partial charge is 0.480 e. The van der Waals surface area contributed by atoms with Crippen molar-refractivity contribution in [2.24, 2.45) is 11.1 Å². The van der Waals surface area contributed by atoms with Gasteiger partial charge in [-0.1, -0.05) is 42.5 Å². The van der Waals surface area contributed by atoms with Crippen LogP contribution in [0.15, 0.2) is 53.6 Å². The molecule has 2 rings (SSSR count). The van der Waals surface area contributed by atoms with Crippen LogP contribution >= 0.6 is 0 Å². The Labute approximate surface area is 138 Å². The van der Waals surface area contributed by atoms with Crippen LogP contribution in [0.2, 0.25) is 0 Å². The molecule has 0 saturated carbocycles. The summed E-state index contributed by atoms with van der Waals surface area (Å²) < 4.78 is 5.10. The molecule has 2 atom stereocenters. The van der Waals surface area contributed by atoms with Gasteiger partial charge in [0.25, 0.3) is 0 Å². The van der Waals surface area contributed by atoms with Gasteiger partial charge < -0.3 is 20.7 Å². The summed E-state index contributed by atoms with van der Waals surface area (Å²) in [5.74, 6) is -4.03. The van der Waals surface area contributed by atoms with Crippen LogP contribution in [0, 0.1) is 5.41 Å². The summed E-state index contributed by atoms with van der Waals surface area (Å²) in [6.07, 6.45) is 2.36. The maximum absolute atomic E-state index is 12.5. The second kappa shape index (κ2) is 6.67. The first kappa shape index (κ1) is 17.4. The van der Waals surface area contributed by atoms with Crippen LogP contribution in [0.5, 0.6) is 0 Å². The van der Waals surface area contributed by atoms with Crippen molar-refractivity contribution in [2.45, 2.75) is 19.6 Å². The lowest BCUT2D eigenvalue weighted by Gasteiger charge is -2.33. The molecule has 24 heavy (non-hydrogen) atoms. The van der Waals surface area contributed by atoms with Gasteiger partial charge in [-0.25, -0.2) is 4.79 Å². The van der Waals surface area contributed by atoms with E-state index in [1.807, 2.05) is 0 Å². The highest BCUT2D eigenvalue weighted by Crippen LogP contribution is 2.35. The Morgan fingerprint density at radius 2 is 1.83 bits per heavy atom. The highest BCUT2D eigenvalue weighted by Gasteiger charge is 2.55. The first-order chi connectivity index (χ1) is 11.3. The van der Waals surface area contributed by atoms with Crippen molar-refractivity contribution in [3.63, 3.8) is 0 Å². The number of carboxylic acid groups (broad SMARTS) is 2. The number of carbonyl (C=O) groups excluding carboxylic acids is 1. The van der Waals surface area contributed by atoms with Crippen molar-refractivity contribution >= 4 is 17.9 Å². The van der Waals surface area contributed by atoms with E-state index in [0.29, 0.717) is 11.1 Å². The van der Waals surface area contributed by atoms with Crippen molar-refractivity contribution in [2.75, 3.05) is 0 Å². The molecule has 0 aromatic heterocycles. The average Bonchev–Trinajstić information content (AvgIpc) is 2.53. The smallest absolute Gasteiger partial charge is 0.333 e. The topological polar surface area (TPSA) is 127 Å². The summed E-state index contributed by atoms with van der Waals surface area (Å²) in [5.41, 5.74) is 4.22. The number of nitrogens with two attached hydrogens (primary N) is 1. The molecule has 0 fully saturated rings. The average molecular weight is 331 g/mol. The molecule has 4 N–H and O–H groups in total. The van der Waals surface area contributed by atoms with E-state index < -0.39 is 29.4 Å². The third-order valence-corrected chi connectivity index (χ3v) is 3.96. The van der Waals surface area contributed by atoms with Crippen LogP contribution in [0.4, 0.5) is 0 Å². The van der Waals surface area contributed by atoms with Gasteiger partial charge in [0.1, 0.15) is 6.61 Å². The molecular weight excluding hydrogens is 314 g/mol. The summed E-state index contributed by atoms with van der Waals surface area (Å²) in [6, 6.07) is 7.15. The van der Waals surface area contributed by atoms with Crippen LogP contribution in [0.25, 0.3) is 0 Å². The minimum absolute atomic E-state index is 0.139. The summed E-state index contributed by atoms with van der Waals surface area (Å²) in [4.78, 5) is 35.6. The lowest BCUT2D eigenvalue weighted by molar-refractivity contribution is -0.166. The summed E-state index contributed by atoms with van der Waals surface area (Å²) in [5, 5.41) is 18.8. The predicted octanol–water partition coefficient (Wildman–Crippen LogP) is 1.10. The number of carbonyl (C=O) groups is 3. The summed E-state index contributed by atoms with van der Waals surface area (Å²) in [7, 11) is 0. The Bertz CT molecular complexity index is 737. The highest BCUT2D eigenvalue weighted by molar-refractivity contribution is 6.06. The molecule has 126 valence electrons. The van der Waals surface area contributed by atoms with Crippen LogP contribution < -0.4 is 5.73 Å². The number of carboxylic acids is 2. The molecule has 7 nitrogen and oxygen atoms in total. The molecule has 0 spiro atoms. The first-order valence-electron chi connectivity index (χ1n) is 7.14. The molecule has 2 unspecified atom stereocenters. The zero-order valence-corrected chi connectivity index (χ0v) is 12.9. The van der Waals surface area contributed by atoms with Crippen LogP contribution in [-0.2, 0) is 25.7 Å². The highest BCUT2D eigenvalue weighted by atomic mass is 16.5. The van der Waals surface area contributed by atoms with Gasteiger partial charge >= 0.3 is 17.9 Å². The molecule has 1 aliphatic rings. The quantitative estimate of drug-likeness (QED) is 0.544. The second-order valence-corrected chi connectivity index (χ2v) is 5.45. The van der Waals surface area contributed by atoms with E-state index in [0.717, 1.165) is 6.08 Å². The van der Waals surface area contributed by atoms with E-state index in [9.17, 15) is 24.6 Å². The zero-order chi connectivity index (χ0) is 17.9. The Balaban J connectivity index is 2.32. The van der Waals surface area contributed by atoms with E-state index in [-0.39, 0.29) is 12.2 Å². The molecule has 7 heteroatoms. The molecular formula is C17H17NO6. The number of ether oxygens (including phenoxy) is 1. The molecule has 1 aromatic carbocycles. The Kier molecular flexibility index (Phi) is 4.85. The number of hydrogen-bond donors (Lipinski definition) is 3. The zero-order valence-electron chi connectivity index (χ0n) is 12.9. The number of rotatable bonds is 5. The molecule has 0 heterocycles. The number of benzene rings is 1. The van der Waals surface area contributed by atoms with E-state index in [1.165, 1.54) is 13.0 Å². The van der Waals surface area contributed by atoms with Gasteiger partial charge in [0.15, 0.2) is 0 Å². The van der Waals surface area contributed by atoms with Gasteiger partial charge in [-0.05, 0) is 18.1 Å². The van der Waals surface area contributed by atoms with Crippen molar-refractivity contribution in [1.82, 2.24) is 0 Å². The SMILES string of the molecule is CC1=C(C(=O)O)C(N)C(C(=O)O)(C(=O)OCc2ccccc2)C=C1. The third kappa shape index (κ3) is 2.93. The van der Waals surface area contributed by atoms with Crippen molar-refractivity contribution in [3.05, 3.63) is 59.2 Å². The second-order valence-electron chi connectivity index (χ2n) is 5.45. The lowest BCUT2D eigenvalue weighted by atomic mass is 9.72. The van der Waals surface area contributed by atoms with Crippen LogP contribution in [0.1, 0.15) is 12.5 Å². The maximum atomic E-state index is 12.5.